The highest BCUT2D eigenvalue weighted by Crippen LogP contribution is 2.56. The van der Waals surface area contributed by atoms with Gasteiger partial charge in [-0.05, 0) is 68.9 Å². The third-order valence-electron chi connectivity index (χ3n) is 5.48. The van der Waals surface area contributed by atoms with Crippen LogP contribution in [0.4, 0.5) is 0 Å². The Bertz CT molecular complexity index is 447. The first kappa shape index (κ1) is 12.6. The van der Waals surface area contributed by atoms with Gasteiger partial charge in [-0.3, -0.25) is 0 Å². The Morgan fingerprint density at radius 1 is 1.15 bits per heavy atom. The molecule has 4 bridgehead atoms. The number of nitrogens with zero attached hydrogens (tertiary/aromatic N) is 1. The van der Waals surface area contributed by atoms with Crippen LogP contribution in [0.1, 0.15) is 44.1 Å². The summed E-state index contributed by atoms with van der Waals surface area (Å²) in [5.41, 5.74) is 1.33. The number of hydrogen-bond acceptors (Lipinski definition) is 3. The minimum absolute atomic E-state index is 0.117. The Kier molecular flexibility index (Phi) is 2.99. The Balaban J connectivity index is 1.50. The first-order valence-corrected chi connectivity index (χ1v) is 8.03. The molecular weight excluding hydrogens is 248 g/mol. The molecule has 0 aromatic carbocycles. The molecular formula is C17H24N2O. The van der Waals surface area contributed by atoms with Crippen molar-refractivity contribution in [3.05, 3.63) is 23.9 Å². The summed E-state index contributed by atoms with van der Waals surface area (Å²) >= 11 is 0. The second kappa shape index (κ2) is 4.73. The van der Waals surface area contributed by atoms with Gasteiger partial charge in [-0.25, -0.2) is 4.98 Å². The topological polar surface area (TPSA) is 34.1 Å². The van der Waals surface area contributed by atoms with Crippen LogP contribution in [0.15, 0.2) is 18.3 Å². The van der Waals surface area contributed by atoms with E-state index in [1.54, 1.807) is 0 Å². The molecule has 4 aliphatic rings. The molecule has 0 spiro atoms. The number of pyridine rings is 1. The fourth-order valence-electron chi connectivity index (χ4n) is 5.16. The molecule has 0 aliphatic heterocycles. The molecule has 3 heteroatoms. The molecule has 1 aromatic rings. The summed E-state index contributed by atoms with van der Waals surface area (Å²) in [6.07, 6.45) is 10.1. The number of ether oxygens (including phenoxy) is 1. The molecule has 0 amide bonds. The molecule has 0 atom stereocenters. The minimum atomic E-state index is 0.117. The molecule has 0 radical (unpaired) electrons. The van der Waals surface area contributed by atoms with Gasteiger partial charge in [-0.2, -0.15) is 0 Å². The normalized spacial score (nSPS) is 38.1. The Labute approximate surface area is 121 Å². The van der Waals surface area contributed by atoms with Crippen molar-refractivity contribution in [2.24, 2.45) is 17.8 Å². The molecule has 5 rings (SSSR count). The van der Waals surface area contributed by atoms with Crippen LogP contribution in [0.5, 0.6) is 5.88 Å². The molecule has 20 heavy (non-hydrogen) atoms. The summed E-state index contributed by atoms with van der Waals surface area (Å²) in [6, 6.07) is 4.17. The molecule has 1 aromatic heterocycles. The van der Waals surface area contributed by atoms with Gasteiger partial charge >= 0.3 is 0 Å². The van der Waals surface area contributed by atoms with E-state index >= 15 is 0 Å². The highest BCUT2D eigenvalue weighted by molar-refractivity contribution is 5.19. The number of hydrogen-bond donors (Lipinski definition) is 1. The molecule has 4 fully saturated rings. The Morgan fingerprint density at radius 2 is 1.80 bits per heavy atom. The van der Waals surface area contributed by atoms with Gasteiger partial charge < -0.3 is 10.1 Å². The number of aromatic nitrogens is 1. The first-order chi connectivity index (χ1) is 9.75. The lowest BCUT2D eigenvalue weighted by Gasteiger charge is -2.55. The molecule has 108 valence electrons. The summed E-state index contributed by atoms with van der Waals surface area (Å²) in [6.45, 7) is 0.866. The summed E-state index contributed by atoms with van der Waals surface area (Å²) in [4.78, 5) is 4.51. The maximum Gasteiger partial charge on any atom is 0.213 e. The summed E-state index contributed by atoms with van der Waals surface area (Å²) < 4.78 is 6.42. The highest BCUT2D eigenvalue weighted by Gasteiger charge is 2.52. The summed E-state index contributed by atoms with van der Waals surface area (Å²) in [5, 5.41) is 3.15. The predicted octanol–water partition coefficient (Wildman–Crippen LogP) is 3.15. The highest BCUT2D eigenvalue weighted by atomic mass is 16.5. The number of nitrogens with one attached hydrogen (secondary N) is 1. The van der Waals surface area contributed by atoms with E-state index in [1.807, 2.05) is 19.3 Å². The van der Waals surface area contributed by atoms with Crippen LogP contribution in [0, 0.1) is 17.8 Å². The summed E-state index contributed by atoms with van der Waals surface area (Å²) in [5.74, 6) is 3.59. The van der Waals surface area contributed by atoms with E-state index < -0.39 is 0 Å². The van der Waals surface area contributed by atoms with Gasteiger partial charge in [0.1, 0.15) is 5.60 Å². The maximum atomic E-state index is 6.42. The average molecular weight is 272 g/mol. The van der Waals surface area contributed by atoms with Crippen LogP contribution in [0.3, 0.4) is 0 Å². The Hall–Kier alpha value is -1.09. The van der Waals surface area contributed by atoms with E-state index in [0.29, 0.717) is 0 Å². The van der Waals surface area contributed by atoms with Crippen molar-refractivity contribution in [2.45, 2.75) is 50.7 Å². The fraction of sp³-hybridized carbons (Fsp3) is 0.706. The molecule has 0 unspecified atom stereocenters. The van der Waals surface area contributed by atoms with Crippen LogP contribution in [0.2, 0.25) is 0 Å². The second-order valence-corrected chi connectivity index (χ2v) is 7.24. The smallest absolute Gasteiger partial charge is 0.213 e. The van der Waals surface area contributed by atoms with Gasteiger partial charge in [0.2, 0.25) is 5.88 Å². The van der Waals surface area contributed by atoms with Crippen molar-refractivity contribution < 1.29 is 4.74 Å². The molecule has 0 saturated heterocycles. The van der Waals surface area contributed by atoms with Crippen LogP contribution < -0.4 is 10.1 Å². The minimum Gasteiger partial charge on any atom is -0.471 e. The van der Waals surface area contributed by atoms with Gasteiger partial charge in [0, 0.05) is 18.8 Å². The predicted molar refractivity (Wildman–Crippen MR) is 78.5 cm³/mol. The third kappa shape index (κ3) is 2.22. The van der Waals surface area contributed by atoms with Crippen molar-refractivity contribution in [3.8, 4) is 5.88 Å². The van der Waals surface area contributed by atoms with E-state index in [4.69, 9.17) is 4.74 Å². The van der Waals surface area contributed by atoms with Crippen LogP contribution in [0.25, 0.3) is 0 Å². The Morgan fingerprint density at radius 3 is 2.30 bits per heavy atom. The fourth-order valence-corrected chi connectivity index (χ4v) is 5.16. The largest absolute Gasteiger partial charge is 0.471 e. The van der Waals surface area contributed by atoms with Crippen molar-refractivity contribution in [1.82, 2.24) is 10.3 Å². The molecule has 3 nitrogen and oxygen atoms in total. The standard InChI is InChI=1S/C17H24N2O/c1-18-10-12-2-3-16(19-11-12)20-17-7-13-4-14(8-17)6-15(5-13)9-17/h2-3,11,13-15,18H,4-10H2,1H3. The van der Waals surface area contributed by atoms with E-state index in [-0.39, 0.29) is 5.60 Å². The SMILES string of the molecule is CNCc1ccc(OC23CC4CC(CC(C4)C2)C3)nc1. The van der Waals surface area contributed by atoms with Crippen LogP contribution in [-0.2, 0) is 6.54 Å². The maximum absolute atomic E-state index is 6.42. The van der Waals surface area contributed by atoms with Crippen molar-refractivity contribution in [2.75, 3.05) is 7.05 Å². The van der Waals surface area contributed by atoms with E-state index in [9.17, 15) is 0 Å². The van der Waals surface area contributed by atoms with E-state index in [1.165, 1.54) is 44.1 Å². The van der Waals surface area contributed by atoms with Crippen molar-refractivity contribution >= 4 is 0 Å². The molecule has 1 heterocycles. The summed E-state index contributed by atoms with van der Waals surface area (Å²) in [7, 11) is 1.96. The van der Waals surface area contributed by atoms with Gasteiger partial charge in [-0.1, -0.05) is 6.07 Å². The molecule has 4 saturated carbocycles. The van der Waals surface area contributed by atoms with Gasteiger partial charge in [0.15, 0.2) is 0 Å². The van der Waals surface area contributed by atoms with E-state index in [2.05, 4.69) is 16.4 Å². The van der Waals surface area contributed by atoms with Crippen molar-refractivity contribution in [1.29, 1.82) is 0 Å². The molecule has 1 N–H and O–H groups in total. The van der Waals surface area contributed by atoms with Gasteiger partial charge in [0.05, 0.1) is 0 Å². The average Bonchev–Trinajstić information content (AvgIpc) is 2.39. The first-order valence-electron chi connectivity index (χ1n) is 8.03. The van der Waals surface area contributed by atoms with Crippen LogP contribution in [-0.4, -0.2) is 17.6 Å². The third-order valence-corrected chi connectivity index (χ3v) is 5.48. The van der Waals surface area contributed by atoms with Crippen molar-refractivity contribution in [3.63, 3.8) is 0 Å². The lowest BCUT2D eigenvalue weighted by Crippen LogP contribution is -2.53. The second-order valence-electron chi connectivity index (χ2n) is 7.24. The zero-order valence-corrected chi connectivity index (χ0v) is 12.3. The monoisotopic (exact) mass is 272 g/mol. The van der Waals surface area contributed by atoms with E-state index in [0.717, 1.165) is 30.2 Å². The quantitative estimate of drug-likeness (QED) is 0.914. The van der Waals surface area contributed by atoms with Crippen LogP contribution >= 0.6 is 0 Å². The lowest BCUT2D eigenvalue weighted by molar-refractivity contribution is -0.109. The molecule has 4 aliphatic carbocycles. The van der Waals surface area contributed by atoms with Gasteiger partial charge in [-0.15, -0.1) is 0 Å². The zero-order valence-electron chi connectivity index (χ0n) is 12.3. The lowest BCUT2D eigenvalue weighted by atomic mass is 9.54. The van der Waals surface area contributed by atoms with Gasteiger partial charge in [0.25, 0.3) is 0 Å². The zero-order chi connectivity index (χ0) is 13.6. The number of rotatable bonds is 4.